The number of aryl methyl sites for hydroxylation is 2. The summed E-state index contributed by atoms with van der Waals surface area (Å²) in [4.78, 5) is 3.87. The summed E-state index contributed by atoms with van der Waals surface area (Å²) in [5.74, 6) is -0.630. The van der Waals surface area contributed by atoms with E-state index in [0.717, 1.165) is 6.92 Å². The van der Waals surface area contributed by atoms with Crippen LogP contribution >= 0.6 is 0 Å². The standard InChI is InChI=1S/C11H14F3N3O/c1-5-4-6(2)17-10(8(5)9(15)16)18-7(3)11(12,13)14/h4,7H,1-3H3,(H3,15,16). The lowest BCUT2D eigenvalue weighted by molar-refractivity contribution is -0.190. The number of rotatable bonds is 3. The zero-order valence-corrected chi connectivity index (χ0v) is 10.2. The summed E-state index contributed by atoms with van der Waals surface area (Å²) >= 11 is 0. The van der Waals surface area contributed by atoms with Gasteiger partial charge in [0.25, 0.3) is 0 Å². The molecule has 0 saturated heterocycles. The van der Waals surface area contributed by atoms with E-state index in [1.807, 2.05) is 0 Å². The van der Waals surface area contributed by atoms with Crippen molar-refractivity contribution in [2.45, 2.75) is 33.1 Å². The van der Waals surface area contributed by atoms with Gasteiger partial charge in [-0.05, 0) is 32.4 Å². The highest BCUT2D eigenvalue weighted by atomic mass is 19.4. The molecule has 1 rings (SSSR count). The molecule has 0 aliphatic rings. The second kappa shape index (κ2) is 4.83. The first-order valence-corrected chi connectivity index (χ1v) is 5.19. The van der Waals surface area contributed by atoms with Crippen LogP contribution in [0.2, 0.25) is 0 Å². The molecule has 0 fully saturated rings. The predicted molar refractivity (Wildman–Crippen MR) is 60.9 cm³/mol. The van der Waals surface area contributed by atoms with Crippen molar-refractivity contribution >= 4 is 5.84 Å². The Bertz CT molecular complexity index is 471. The Hall–Kier alpha value is -1.79. The number of hydrogen-bond acceptors (Lipinski definition) is 3. The lowest BCUT2D eigenvalue weighted by Crippen LogP contribution is -2.32. The lowest BCUT2D eigenvalue weighted by Gasteiger charge is -2.19. The van der Waals surface area contributed by atoms with Gasteiger partial charge in [0.15, 0.2) is 6.10 Å². The van der Waals surface area contributed by atoms with E-state index in [9.17, 15) is 13.2 Å². The molecule has 0 aliphatic carbocycles. The number of aromatic nitrogens is 1. The van der Waals surface area contributed by atoms with Gasteiger partial charge in [0, 0.05) is 5.69 Å². The number of nitrogens with zero attached hydrogens (tertiary/aromatic N) is 1. The van der Waals surface area contributed by atoms with Crippen LogP contribution in [0.25, 0.3) is 0 Å². The monoisotopic (exact) mass is 261 g/mol. The third-order valence-corrected chi connectivity index (χ3v) is 2.33. The molecular weight excluding hydrogens is 247 g/mol. The van der Waals surface area contributed by atoms with Crippen molar-refractivity contribution in [1.82, 2.24) is 4.98 Å². The molecule has 100 valence electrons. The highest BCUT2D eigenvalue weighted by molar-refractivity contribution is 5.98. The Kier molecular flexibility index (Phi) is 3.83. The van der Waals surface area contributed by atoms with Crippen LogP contribution in [0.4, 0.5) is 13.2 Å². The van der Waals surface area contributed by atoms with Crippen molar-refractivity contribution in [2.75, 3.05) is 0 Å². The Morgan fingerprint density at radius 3 is 2.44 bits per heavy atom. The van der Waals surface area contributed by atoms with Gasteiger partial charge in [0.1, 0.15) is 5.84 Å². The minimum atomic E-state index is -4.49. The molecule has 18 heavy (non-hydrogen) atoms. The molecule has 7 heteroatoms. The van der Waals surface area contributed by atoms with E-state index in [1.165, 1.54) is 0 Å². The smallest absolute Gasteiger partial charge is 0.425 e. The van der Waals surface area contributed by atoms with Gasteiger partial charge in [-0.2, -0.15) is 13.2 Å². The van der Waals surface area contributed by atoms with Crippen LogP contribution in [-0.4, -0.2) is 23.1 Å². The molecule has 0 aliphatic heterocycles. The summed E-state index contributed by atoms with van der Waals surface area (Å²) < 4.78 is 42.1. The van der Waals surface area contributed by atoms with E-state index in [4.69, 9.17) is 15.9 Å². The molecule has 1 aromatic heterocycles. The van der Waals surface area contributed by atoms with Crippen molar-refractivity contribution in [3.8, 4) is 5.88 Å². The van der Waals surface area contributed by atoms with Crippen LogP contribution in [-0.2, 0) is 0 Å². The average Bonchev–Trinajstić information content (AvgIpc) is 2.13. The second-order valence-corrected chi connectivity index (χ2v) is 3.98. The molecule has 0 spiro atoms. The number of ether oxygens (including phenoxy) is 1. The second-order valence-electron chi connectivity index (χ2n) is 3.98. The number of nitrogen functional groups attached to an aromatic ring is 1. The predicted octanol–water partition coefficient (Wildman–Crippen LogP) is 2.31. The Morgan fingerprint density at radius 1 is 1.44 bits per heavy atom. The van der Waals surface area contributed by atoms with Crippen LogP contribution < -0.4 is 10.5 Å². The maximum Gasteiger partial charge on any atom is 0.425 e. The minimum Gasteiger partial charge on any atom is -0.464 e. The summed E-state index contributed by atoms with van der Waals surface area (Å²) in [6.07, 6.45) is -6.50. The maximum atomic E-state index is 12.4. The largest absolute Gasteiger partial charge is 0.464 e. The first-order chi connectivity index (χ1) is 8.12. The highest BCUT2D eigenvalue weighted by Gasteiger charge is 2.39. The maximum absolute atomic E-state index is 12.4. The molecule has 0 radical (unpaired) electrons. The third kappa shape index (κ3) is 3.12. The van der Waals surface area contributed by atoms with E-state index in [1.54, 1.807) is 19.9 Å². The van der Waals surface area contributed by atoms with Crippen LogP contribution in [0.1, 0.15) is 23.7 Å². The van der Waals surface area contributed by atoms with Gasteiger partial charge < -0.3 is 10.5 Å². The van der Waals surface area contributed by atoms with Gasteiger partial charge >= 0.3 is 6.18 Å². The zero-order chi connectivity index (χ0) is 14.1. The molecule has 0 amide bonds. The van der Waals surface area contributed by atoms with Gasteiger partial charge in [-0.15, -0.1) is 0 Å². The van der Waals surface area contributed by atoms with Gasteiger partial charge in [0.2, 0.25) is 5.88 Å². The molecule has 0 bridgehead atoms. The van der Waals surface area contributed by atoms with Crippen molar-refractivity contribution in [3.63, 3.8) is 0 Å². The van der Waals surface area contributed by atoms with E-state index in [-0.39, 0.29) is 17.3 Å². The first-order valence-electron chi connectivity index (χ1n) is 5.19. The molecule has 0 saturated carbocycles. The SMILES string of the molecule is Cc1cc(C)c(C(=N)N)c(OC(C)C(F)(F)F)n1. The van der Waals surface area contributed by atoms with Gasteiger partial charge in [-0.25, -0.2) is 4.98 Å². The summed E-state index contributed by atoms with van der Waals surface area (Å²) in [5.41, 5.74) is 6.48. The van der Waals surface area contributed by atoms with E-state index in [2.05, 4.69) is 4.98 Å². The van der Waals surface area contributed by atoms with E-state index >= 15 is 0 Å². The highest BCUT2D eigenvalue weighted by Crippen LogP contribution is 2.27. The Labute approximate surface area is 102 Å². The molecule has 1 atom stereocenters. The molecule has 3 N–H and O–H groups in total. The van der Waals surface area contributed by atoms with Gasteiger partial charge in [-0.3, -0.25) is 5.41 Å². The fraction of sp³-hybridized carbons (Fsp3) is 0.455. The summed E-state index contributed by atoms with van der Waals surface area (Å²) in [6.45, 7) is 4.14. The first kappa shape index (κ1) is 14.3. The molecule has 1 unspecified atom stereocenters. The van der Waals surface area contributed by atoms with E-state index in [0.29, 0.717) is 11.3 Å². The van der Waals surface area contributed by atoms with Crippen LogP contribution in [0.5, 0.6) is 5.88 Å². The lowest BCUT2D eigenvalue weighted by atomic mass is 10.1. The minimum absolute atomic E-state index is 0.0942. The number of amidine groups is 1. The van der Waals surface area contributed by atoms with Crippen LogP contribution in [0.15, 0.2) is 6.07 Å². The molecular formula is C11H14F3N3O. The number of halogens is 3. The molecule has 1 heterocycles. The number of hydrogen-bond donors (Lipinski definition) is 2. The summed E-state index contributed by atoms with van der Waals surface area (Å²) in [5, 5.41) is 7.36. The Balaban J connectivity index is 3.19. The zero-order valence-electron chi connectivity index (χ0n) is 10.2. The van der Waals surface area contributed by atoms with Crippen molar-refractivity contribution < 1.29 is 17.9 Å². The van der Waals surface area contributed by atoms with Gasteiger partial charge in [0.05, 0.1) is 5.56 Å². The third-order valence-electron chi connectivity index (χ3n) is 2.33. The summed E-state index contributed by atoms with van der Waals surface area (Å²) in [6, 6.07) is 1.63. The van der Waals surface area contributed by atoms with Crippen LogP contribution in [0, 0.1) is 19.3 Å². The normalized spacial score (nSPS) is 13.2. The fourth-order valence-corrected chi connectivity index (χ4v) is 1.45. The molecule has 4 nitrogen and oxygen atoms in total. The Morgan fingerprint density at radius 2 is 2.00 bits per heavy atom. The topological polar surface area (TPSA) is 72.0 Å². The number of alkyl halides is 3. The molecule has 1 aromatic rings. The van der Waals surface area contributed by atoms with E-state index < -0.39 is 12.3 Å². The molecule has 0 aromatic carbocycles. The quantitative estimate of drug-likeness (QED) is 0.647. The van der Waals surface area contributed by atoms with Crippen LogP contribution in [0.3, 0.4) is 0 Å². The summed E-state index contributed by atoms with van der Waals surface area (Å²) in [7, 11) is 0. The number of nitrogens with one attached hydrogen (secondary N) is 1. The van der Waals surface area contributed by atoms with Gasteiger partial charge in [-0.1, -0.05) is 0 Å². The number of pyridine rings is 1. The van der Waals surface area contributed by atoms with Crippen molar-refractivity contribution in [1.29, 1.82) is 5.41 Å². The fourth-order valence-electron chi connectivity index (χ4n) is 1.45. The average molecular weight is 261 g/mol. The number of nitrogens with two attached hydrogens (primary N) is 1. The van der Waals surface area contributed by atoms with Crippen molar-refractivity contribution in [2.24, 2.45) is 5.73 Å². The van der Waals surface area contributed by atoms with Crippen molar-refractivity contribution in [3.05, 3.63) is 22.9 Å².